The van der Waals surface area contributed by atoms with E-state index >= 15 is 0 Å². The van der Waals surface area contributed by atoms with Crippen molar-refractivity contribution in [1.29, 1.82) is 0 Å². The molecule has 1 aromatic rings. The number of likely N-dealkylation sites (N-methyl/N-ethyl adjacent to an activating group) is 1. The van der Waals surface area contributed by atoms with Crippen molar-refractivity contribution in [3.8, 4) is 0 Å². The SMILES string of the molecule is CCN1C(=O)CC(CC(=O)N2CCOCC2)(c2ccccc2C)C1=O. The van der Waals surface area contributed by atoms with Crippen LogP contribution in [0.15, 0.2) is 24.3 Å². The van der Waals surface area contributed by atoms with E-state index in [0.29, 0.717) is 32.8 Å². The first-order valence-electron chi connectivity index (χ1n) is 8.76. The smallest absolute Gasteiger partial charge is 0.240 e. The molecule has 25 heavy (non-hydrogen) atoms. The first-order valence-corrected chi connectivity index (χ1v) is 8.76. The average Bonchev–Trinajstić information content (AvgIpc) is 2.86. The normalized spacial score (nSPS) is 24.1. The molecule has 0 N–H and O–H groups in total. The van der Waals surface area contributed by atoms with Gasteiger partial charge in [0, 0.05) is 32.5 Å². The number of hydrogen-bond donors (Lipinski definition) is 0. The van der Waals surface area contributed by atoms with E-state index in [1.807, 2.05) is 31.2 Å². The molecule has 134 valence electrons. The highest BCUT2D eigenvalue weighted by Crippen LogP contribution is 2.41. The summed E-state index contributed by atoms with van der Waals surface area (Å²) in [5.41, 5.74) is 0.621. The van der Waals surface area contributed by atoms with E-state index in [4.69, 9.17) is 4.74 Å². The Morgan fingerprint density at radius 1 is 1.20 bits per heavy atom. The predicted molar refractivity (Wildman–Crippen MR) is 91.9 cm³/mol. The third-order valence-corrected chi connectivity index (χ3v) is 5.20. The largest absolute Gasteiger partial charge is 0.378 e. The summed E-state index contributed by atoms with van der Waals surface area (Å²) in [4.78, 5) is 41.5. The predicted octanol–water partition coefficient (Wildman–Crippen LogP) is 1.26. The summed E-state index contributed by atoms with van der Waals surface area (Å²) in [5.74, 6) is -0.549. The van der Waals surface area contributed by atoms with Crippen LogP contribution in [0.4, 0.5) is 0 Å². The van der Waals surface area contributed by atoms with E-state index in [-0.39, 0.29) is 30.6 Å². The van der Waals surface area contributed by atoms with Gasteiger partial charge in [-0.15, -0.1) is 0 Å². The van der Waals surface area contributed by atoms with Crippen LogP contribution in [0.5, 0.6) is 0 Å². The summed E-state index contributed by atoms with van der Waals surface area (Å²) < 4.78 is 5.30. The molecule has 2 fully saturated rings. The average molecular weight is 344 g/mol. The Labute approximate surface area is 147 Å². The summed E-state index contributed by atoms with van der Waals surface area (Å²) >= 11 is 0. The second kappa shape index (κ2) is 6.96. The van der Waals surface area contributed by atoms with Gasteiger partial charge >= 0.3 is 0 Å². The first kappa shape index (κ1) is 17.6. The Bertz CT molecular complexity index is 696. The summed E-state index contributed by atoms with van der Waals surface area (Å²) in [6.07, 6.45) is 0.0829. The third kappa shape index (κ3) is 3.06. The molecule has 0 saturated carbocycles. The number of likely N-dealkylation sites (tertiary alicyclic amines) is 1. The van der Waals surface area contributed by atoms with Crippen molar-refractivity contribution < 1.29 is 19.1 Å². The van der Waals surface area contributed by atoms with E-state index in [0.717, 1.165) is 11.1 Å². The molecule has 2 saturated heterocycles. The molecule has 1 unspecified atom stereocenters. The van der Waals surface area contributed by atoms with Crippen molar-refractivity contribution in [2.24, 2.45) is 0 Å². The van der Waals surface area contributed by atoms with Crippen molar-refractivity contribution in [1.82, 2.24) is 9.80 Å². The standard InChI is InChI=1S/C19H24N2O4/c1-3-21-17(23)13-19(18(21)24,15-7-5-4-6-14(15)2)12-16(22)20-8-10-25-11-9-20/h4-7H,3,8-13H2,1-2H3. The van der Waals surface area contributed by atoms with Crippen LogP contribution in [0.25, 0.3) is 0 Å². The minimum Gasteiger partial charge on any atom is -0.378 e. The van der Waals surface area contributed by atoms with Crippen molar-refractivity contribution in [3.05, 3.63) is 35.4 Å². The van der Waals surface area contributed by atoms with E-state index < -0.39 is 5.41 Å². The monoisotopic (exact) mass is 344 g/mol. The van der Waals surface area contributed by atoms with E-state index in [2.05, 4.69) is 0 Å². The minimum absolute atomic E-state index is 0.0267. The second-order valence-electron chi connectivity index (χ2n) is 6.69. The van der Waals surface area contributed by atoms with Gasteiger partial charge < -0.3 is 9.64 Å². The number of carbonyl (C=O) groups excluding carboxylic acids is 3. The molecule has 3 amide bonds. The lowest BCUT2D eigenvalue weighted by atomic mass is 9.74. The topological polar surface area (TPSA) is 66.9 Å². The lowest BCUT2D eigenvalue weighted by molar-refractivity contribution is -0.143. The molecule has 0 aromatic heterocycles. The zero-order valence-corrected chi connectivity index (χ0v) is 14.8. The summed E-state index contributed by atoms with van der Waals surface area (Å²) in [5, 5.41) is 0. The Hall–Kier alpha value is -2.21. The number of benzene rings is 1. The van der Waals surface area contributed by atoms with Crippen molar-refractivity contribution in [2.45, 2.75) is 32.1 Å². The zero-order valence-electron chi connectivity index (χ0n) is 14.8. The lowest BCUT2D eigenvalue weighted by Gasteiger charge is -2.33. The maximum absolute atomic E-state index is 13.1. The number of morpholine rings is 1. The van der Waals surface area contributed by atoms with Gasteiger partial charge in [-0.2, -0.15) is 0 Å². The van der Waals surface area contributed by atoms with Crippen LogP contribution >= 0.6 is 0 Å². The molecule has 0 aliphatic carbocycles. The summed E-state index contributed by atoms with van der Waals surface area (Å²) in [6.45, 7) is 6.12. The number of carbonyl (C=O) groups is 3. The molecule has 6 nitrogen and oxygen atoms in total. The lowest BCUT2D eigenvalue weighted by Crippen LogP contribution is -2.46. The van der Waals surface area contributed by atoms with Crippen LogP contribution in [0.3, 0.4) is 0 Å². The third-order valence-electron chi connectivity index (χ3n) is 5.20. The number of rotatable bonds is 4. The fourth-order valence-corrected chi connectivity index (χ4v) is 3.86. The zero-order chi connectivity index (χ0) is 18.0. The molecular weight excluding hydrogens is 320 g/mol. The van der Waals surface area contributed by atoms with Gasteiger partial charge in [-0.1, -0.05) is 24.3 Å². The molecule has 3 rings (SSSR count). The van der Waals surface area contributed by atoms with Gasteiger partial charge in [0.05, 0.1) is 18.6 Å². The van der Waals surface area contributed by atoms with E-state index in [1.165, 1.54) is 4.90 Å². The quantitative estimate of drug-likeness (QED) is 0.771. The number of aryl methyl sites for hydroxylation is 1. The number of nitrogens with zero attached hydrogens (tertiary/aromatic N) is 2. The summed E-state index contributed by atoms with van der Waals surface area (Å²) in [7, 11) is 0. The molecule has 0 bridgehead atoms. The van der Waals surface area contributed by atoms with Crippen LogP contribution < -0.4 is 0 Å². The Morgan fingerprint density at radius 3 is 2.48 bits per heavy atom. The van der Waals surface area contributed by atoms with Gasteiger partial charge in [-0.05, 0) is 25.0 Å². The number of amides is 3. The number of ether oxygens (including phenoxy) is 1. The van der Waals surface area contributed by atoms with Crippen molar-refractivity contribution in [2.75, 3.05) is 32.8 Å². The Kier molecular flexibility index (Phi) is 4.90. The fourth-order valence-electron chi connectivity index (χ4n) is 3.86. The summed E-state index contributed by atoms with van der Waals surface area (Å²) in [6, 6.07) is 7.54. The Morgan fingerprint density at radius 2 is 1.88 bits per heavy atom. The van der Waals surface area contributed by atoms with Crippen LogP contribution in [0.1, 0.15) is 30.9 Å². The maximum atomic E-state index is 13.1. The van der Waals surface area contributed by atoms with Gasteiger partial charge in [0.15, 0.2) is 0 Å². The fraction of sp³-hybridized carbons (Fsp3) is 0.526. The molecule has 2 aliphatic rings. The molecule has 1 atom stereocenters. The highest BCUT2D eigenvalue weighted by Gasteiger charge is 2.54. The highest BCUT2D eigenvalue weighted by molar-refractivity contribution is 6.10. The van der Waals surface area contributed by atoms with Gasteiger partial charge in [0.1, 0.15) is 0 Å². The van der Waals surface area contributed by atoms with Crippen LogP contribution in [-0.4, -0.2) is 60.4 Å². The molecule has 0 radical (unpaired) electrons. The molecule has 2 aliphatic heterocycles. The van der Waals surface area contributed by atoms with Crippen molar-refractivity contribution >= 4 is 17.7 Å². The Balaban J connectivity index is 1.98. The molecule has 1 aromatic carbocycles. The van der Waals surface area contributed by atoms with Crippen LogP contribution in [0, 0.1) is 6.92 Å². The first-order chi connectivity index (χ1) is 12.0. The van der Waals surface area contributed by atoms with Crippen LogP contribution in [0.2, 0.25) is 0 Å². The van der Waals surface area contributed by atoms with Gasteiger partial charge in [0.2, 0.25) is 17.7 Å². The molecule has 6 heteroatoms. The molecular formula is C19H24N2O4. The highest BCUT2D eigenvalue weighted by atomic mass is 16.5. The molecule has 0 spiro atoms. The second-order valence-corrected chi connectivity index (χ2v) is 6.69. The van der Waals surface area contributed by atoms with Gasteiger partial charge in [0.25, 0.3) is 0 Å². The van der Waals surface area contributed by atoms with Gasteiger partial charge in [-0.3, -0.25) is 19.3 Å². The van der Waals surface area contributed by atoms with Gasteiger partial charge in [-0.25, -0.2) is 0 Å². The molecule has 2 heterocycles. The maximum Gasteiger partial charge on any atom is 0.240 e. The van der Waals surface area contributed by atoms with E-state index in [9.17, 15) is 14.4 Å². The minimum atomic E-state index is -1.09. The number of hydrogen-bond acceptors (Lipinski definition) is 4. The van der Waals surface area contributed by atoms with E-state index in [1.54, 1.807) is 11.8 Å². The van der Waals surface area contributed by atoms with Crippen molar-refractivity contribution in [3.63, 3.8) is 0 Å². The van der Waals surface area contributed by atoms with Crippen LogP contribution in [-0.2, 0) is 24.5 Å². The number of imide groups is 1.